The van der Waals surface area contributed by atoms with Crippen LogP contribution in [0.5, 0.6) is 0 Å². The molecule has 15 nitrogen and oxygen atoms in total. The number of amides is 5. The lowest BCUT2D eigenvalue weighted by Gasteiger charge is -2.47. The van der Waals surface area contributed by atoms with Crippen molar-refractivity contribution in [3.63, 3.8) is 0 Å². The van der Waals surface area contributed by atoms with E-state index >= 15 is 0 Å². The Morgan fingerprint density at radius 2 is 1.65 bits per heavy atom. The molecule has 4 aliphatic heterocycles. The van der Waals surface area contributed by atoms with Crippen molar-refractivity contribution in [3.8, 4) is 0 Å². The molecule has 5 aliphatic rings. The summed E-state index contributed by atoms with van der Waals surface area (Å²) in [5, 5.41) is 6.38. The third-order valence-corrected chi connectivity index (χ3v) is 12.9. The topological polar surface area (TPSA) is 166 Å². The minimum Gasteiger partial charge on any atom is -0.371 e. The van der Waals surface area contributed by atoms with Gasteiger partial charge in [0.05, 0.1) is 5.56 Å². The lowest BCUT2D eigenvalue weighted by molar-refractivity contribution is -0.136. The van der Waals surface area contributed by atoms with Crippen LogP contribution in [0.1, 0.15) is 107 Å². The number of benzene rings is 1. The van der Waals surface area contributed by atoms with E-state index in [1.807, 2.05) is 23.1 Å². The molecule has 1 spiro atoms. The maximum Gasteiger partial charge on any atom is 0.270 e. The van der Waals surface area contributed by atoms with Crippen LogP contribution in [0.15, 0.2) is 48.8 Å². The number of nitrogens with zero attached hydrogens (tertiary/aromatic N) is 8. The first-order valence-electron chi connectivity index (χ1n) is 20.2. The summed E-state index contributed by atoms with van der Waals surface area (Å²) in [5.41, 5.74) is 4.70. The van der Waals surface area contributed by atoms with Crippen LogP contribution in [0.2, 0.25) is 0 Å². The number of aromatic nitrogens is 4. The molecule has 5 amide bonds. The number of piperidine rings is 3. The van der Waals surface area contributed by atoms with E-state index in [9.17, 15) is 24.0 Å². The summed E-state index contributed by atoms with van der Waals surface area (Å²) in [4.78, 5) is 85.3. The van der Waals surface area contributed by atoms with E-state index in [4.69, 9.17) is 4.98 Å². The van der Waals surface area contributed by atoms with Gasteiger partial charge >= 0.3 is 0 Å². The van der Waals surface area contributed by atoms with E-state index in [1.165, 1.54) is 0 Å². The van der Waals surface area contributed by atoms with Gasteiger partial charge in [-0.2, -0.15) is 4.98 Å². The van der Waals surface area contributed by atoms with Crippen LogP contribution in [-0.4, -0.2) is 110 Å². The number of imide groups is 1. The van der Waals surface area contributed by atoms with E-state index in [0.717, 1.165) is 86.7 Å². The summed E-state index contributed by atoms with van der Waals surface area (Å²) in [6.45, 7) is 3.56. The van der Waals surface area contributed by atoms with Crippen molar-refractivity contribution in [1.29, 1.82) is 0 Å². The van der Waals surface area contributed by atoms with E-state index in [0.29, 0.717) is 54.6 Å². The third-order valence-electron chi connectivity index (χ3n) is 12.9. The Kier molecular flexibility index (Phi) is 9.40. The summed E-state index contributed by atoms with van der Waals surface area (Å²) in [5.74, 6) is -0.0133. The van der Waals surface area contributed by atoms with Crippen molar-refractivity contribution < 1.29 is 24.0 Å². The monoisotopic (exact) mass is 772 g/mol. The molecular weight excluding hydrogens is 725 g/mol. The van der Waals surface area contributed by atoms with Crippen molar-refractivity contribution in [1.82, 2.24) is 39.5 Å². The quantitative estimate of drug-likeness (QED) is 0.252. The van der Waals surface area contributed by atoms with E-state index in [-0.39, 0.29) is 41.5 Å². The molecule has 0 bridgehead atoms. The minimum atomic E-state index is -0.620. The fraction of sp³-hybridized carbons (Fsp3) is 0.476. The van der Waals surface area contributed by atoms with Crippen molar-refractivity contribution in [2.24, 2.45) is 5.41 Å². The zero-order chi connectivity index (χ0) is 39.4. The Morgan fingerprint density at radius 3 is 2.35 bits per heavy atom. The van der Waals surface area contributed by atoms with Crippen molar-refractivity contribution >= 4 is 58.0 Å². The molecule has 1 aliphatic carbocycles. The fourth-order valence-electron chi connectivity index (χ4n) is 9.57. The number of hydrogen-bond donors (Lipinski definition) is 2. The smallest absolute Gasteiger partial charge is 0.270 e. The molecule has 1 aromatic carbocycles. The van der Waals surface area contributed by atoms with Crippen LogP contribution < -0.4 is 15.5 Å². The summed E-state index contributed by atoms with van der Waals surface area (Å²) in [6, 6.07) is 11.0. The predicted molar refractivity (Wildman–Crippen MR) is 212 cm³/mol. The highest BCUT2D eigenvalue weighted by molar-refractivity contribution is 6.05. The molecular formula is C42H48N10O5. The van der Waals surface area contributed by atoms with Crippen molar-refractivity contribution in [2.75, 3.05) is 50.5 Å². The number of hydrogen-bond acceptors (Lipinski definition) is 10. The van der Waals surface area contributed by atoms with Gasteiger partial charge in [-0.15, -0.1) is 0 Å². The molecule has 1 atom stereocenters. The first kappa shape index (κ1) is 36.8. The van der Waals surface area contributed by atoms with Crippen molar-refractivity contribution in [3.05, 3.63) is 71.2 Å². The summed E-state index contributed by atoms with van der Waals surface area (Å²) < 4.78 is 2.08. The molecule has 15 heteroatoms. The lowest BCUT2D eigenvalue weighted by atomic mass is 9.71. The molecule has 1 saturated carbocycles. The van der Waals surface area contributed by atoms with Gasteiger partial charge in [0.2, 0.25) is 17.8 Å². The molecule has 2 N–H and O–H groups in total. The molecule has 296 valence electrons. The number of likely N-dealkylation sites (tertiary alicyclic amines) is 1. The van der Waals surface area contributed by atoms with E-state index in [1.54, 1.807) is 48.4 Å². The highest BCUT2D eigenvalue weighted by Crippen LogP contribution is 2.43. The molecule has 0 radical (unpaired) electrons. The lowest BCUT2D eigenvalue weighted by Crippen LogP contribution is -2.52. The minimum absolute atomic E-state index is 0.0227. The number of pyridine rings is 1. The summed E-state index contributed by atoms with van der Waals surface area (Å²) in [7, 11) is 3.52. The van der Waals surface area contributed by atoms with Crippen molar-refractivity contribution in [2.45, 2.75) is 82.8 Å². The first-order chi connectivity index (χ1) is 27.6. The van der Waals surface area contributed by atoms with Gasteiger partial charge < -0.3 is 29.5 Å². The second-order valence-electron chi connectivity index (χ2n) is 16.6. The first-order valence-corrected chi connectivity index (χ1v) is 20.2. The largest absolute Gasteiger partial charge is 0.371 e. The van der Waals surface area contributed by atoms with Gasteiger partial charge in [-0.3, -0.25) is 29.3 Å². The molecule has 9 rings (SSSR count). The fourth-order valence-corrected chi connectivity index (χ4v) is 9.57. The van der Waals surface area contributed by atoms with Crippen LogP contribution in [0.3, 0.4) is 0 Å². The van der Waals surface area contributed by atoms with Gasteiger partial charge in [-0.05, 0) is 92.3 Å². The van der Waals surface area contributed by atoms with E-state index < -0.39 is 11.9 Å². The number of carbonyl (C=O) groups excluding carboxylic acids is 5. The van der Waals surface area contributed by atoms with Gasteiger partial charge in [0, 0.05) is 88.3 Å². The average molecular weight is 773 g/mol. The molecule has 3 saturated heterocycles. The van der Waals surface area contributed by atoms with Gasteiger partial charge in [0.25, 0.3) is 17.7 Å². The zero-order valence-electron chi connectivity index (χ0n) is 32.5. The van der Waals surface area contributed by atoms with Crippen LogP contribution >= 0.6 is 0 Å². The maximum atomic E-state index is 13.6. The molecule has 57 heavy (non-hydrogen) atoms. The van der Waals surface area contributed by atoms with Crippen LogP contribution in [0.4, 0.5) is 17.5 Å². The number of fused-ring (bicyclic) bond motifs is 2. The SMILES string of the molecule is CN(C)C(=O)c1cc2cnc(Nc3ccc(C(=O)N4CCC5(CC4)CCN(c4ccc6c(c4)CN([C@H]4CCC(=O)NC4=O)C6=O)CC5)cn3)nc2n1C1CCCC1. The number of carbonyl (C=O) groups is 5. The summed E-state index contributed by atoms with van der Waals surface area (Å²) in [6.07, 6.45) is 12.2. The third kappa shape index (κ3) is 6.86. The van der Waals surface area contributed by atoms with Gasteiger partial charge in [0.15, 0.2) is 0 Å². The summed E-state index contributed by atoms with van der Waals surface area (Å²) >= 11 is 0. The number of nitrogens with one attached hydrogen (secondary N) is 2. The standard InChI is InChI=1S/C42H48N10O5/c1-48(2)40(57)33-22-27-24-44-41(47-36(27)52(33)29-5-3-4-6-29)45-34-11-7-26(23-43-34)38(55)50-19-15-42(16-20-50)13-17-49(18-14-42)30-8-9-31-28(21-30)25-51(39(31)56)32-10-12-35(53)46-37(32)54/h7-9,11,21-24,29,32H,3-6,10,12-20,25H2,1-2H3,(H,46,53,54)(H,43,44,45,47)/t32-/m0/s1. The molecule has 7 heterocycles. The zero-order valence-corrected chi connectivity index (χ0v) is 32.5. The Balaban J connectivity index is 0.794. The predicted octanol–water partition coefficient (Wildman–Crippen LogP) is 4.67. The highest BCUT2D eigenvalue weighted by atomic mass is 16.2. The van der Waals surface area contributed by atoms with Crippen LogP contribution in [0.25, 0.3) is 11.0 Å². The van der Waals surface area contributed by atoms with Gasteiger partial charge in [0.1, 0.15) is 23.2 Å². The van der Waals surface area contributed by atoms with Crippen LogP contribution in [0, 0.1) is 5.41 Å². The Labute approximate surface area is 330 Å². The second-order valence-corrected chi connectivity index (χ2v) is 16.6. The normalized spacial score (nSPS) is 21.0. The van der Waals surface area contributed by atoms with Gasteiger partial charge in [-0.25, -0.2) is 9.97 Å². The number of rotatable bonds is 7. The maximum absolute atomic E-state index is 13.6. The molecule has 3 aromatic heterocycles. The van der Waals surface area contributed by atoms with Gasteiger partial charge in [-0.1, -0.05) is 12.8 Å². The second kappa shape index (κ2) is 14.6. The average Bonchev–Trinajstić information content (AvgIpc) is 3.96. The molecule has 0 unspecified atom stereocenters. The van der Waals surface area contributed by atoms with E-state index in [2.05, 4.69) is 36.1 Å². The Hall–Kier alpha value is -5.86. The van der Waals surface area contributed by atoms with Crippen LogP contribution in [-0.2, 0) is 16.1 Å². The molecule has 4 aromatic rings. The number of anilines is 3. The highest BCUT2D eigenvalue weighted by Gasteiger charge is 2.41. The molecule has 4 fully saturated rings. The Bertz CT molecular complexity index is 2260. The Morgan fingerprint density at radius 1 is 0.895 bits per heavy atom.